The summed E-state index contributed by atoms with van der Waals surface area (Å²) in [5.74, 6) is -0.0791. The van der Waals surface area contributed by atoms with Gasteiger partial charge in [-0.2, -0.15) is 0 Å². The summed E-state index contributed by atoms with van der Waals surface area (Å²) in [4.78, 5) is 11.0. The lowest BCUT2D eigenvalue weighted by molar-refractivity contribution is -0.142. The number of methoxy groups -OCH3 is 1. The van der Waals surface area contributed by atoms with Crippen molar-refractivity contribution in [2.24, 2.45) is 11.1 Å². The summed E-state index contributed by atoms with van der Waals surface area (Å²) < 4.78 is 4.64. The highest BCUT2D eigenvalue weighted by molar-refractivity contribution is 5.85. The third-order valence-electron chi connectivity index (χ3n) is 2.62. The smallest absolute Gasteiger partial charge is 0.306 e. The molecule has 4 heteroatoms. The SMILES string of the molecule is COC(=O)CC1(CCCN)CC1.Cl. The van der Waals surface area contributed by atoms with E-state index in [4.69, 9.17) is 5.73 Å². The molecule has 0 aromatic rings. The van der Waals surface area contributed by atoms with Crippen molar-refractivity contribution in [3.05, 3.63) is 0 Å². The molecule has 1 aliphatic carbocycles. The van der Waals surface area contributed by atoms with Crippen molar-refractivity contribution in [2.45, 2.75) is 32.1 Å². The molecule has 0 spiro atoms. The second kappa shape index (κ2) is 5.45. The topological polar surface area (TPSA) is 52.3 Å². The Morgan fingerprint density at radius 2 is 2.15 bits per heavy atom. The molecule has 78 valence electrons. The van der Waals surface area contributed by atoms with E-state index in [0.29, 0.717) is 6.42 Å². The van der Waals surface area contributed by atoms with Gasteiger partial charge in [-0.25, -0.2) is 0 Å². The van der Waals surface area contributed by atoms with Crippen molar-refractivity contribution >= 4 is 18.4 Å². The number of carbonyl (C=O) groups excluding carboxylic acids is 1. The molecule has 0 unspecified atom stereocenters. The zero-order valence-electron chi connectivity index (χ0n) is 8.04. The first-order valence-corrected chi connectivity index (χ1v) is 4.49. The maximum Gasteiger partial charge on any atom is 0.306 e. The largest absolute Gasteiger partial charge is 0.469 e. The van der Waals surface area contributed by atoms with Crippen molar-refractivity contribution < 1.29 is 9.53 Å². The van der Waals surface area contributed by atoms with Crippen LogP contribution in [0.5, 0.6) is 0 Å². The van der Waals surface area contributed by atoms with Crippen molar-refractivity contribution in [3.8, 4) is 0 Å². The molecule has 3 nitrogen and oxygen atoms in total. The van der Waals surface area contributed by atoms with E-state index < -0.39 is 0 Å². The molecule has 0 aliphatic heterocycles. The van der Waals surface area contributed by atoms with Gasteiger partial charge in [-0.1, -0.05) is 0 Å². The lowest BCUT2D eigenvalue weighted by Gasteiger charge is -2.11. The number of rotatable bonds is 5. The van der Waals surface area contributed by atoms with Crippen molar-refractivity contribution in [1.29, 1.82) is 0 Å². The maximum absolute atomic E-state index is 11.0. The molecular formula is C9H18ClNO2. The molecule has 0 saturated heterocycles. The van der Waals surface area contributed by atoms with Gasteiger partial charge in [0.1, 0.15) is 0 Å². The fourth-order valence-electron chi connectivity index (χ4n) is 1.55. The van der Waals surface area contributed by atoms with E-state index >= 15 is 0 Å². The number of nitrogens with two attached hydrogens (primary N) is 1. The number of ether oxygens (including phenoxy) is 1. The van der Waals surface area contributed by atoms with E-state index in [1.807, 2.05) is 0 Å². The molecule has 0 heterocycles. The van der Waals surface area contributed by atoms with Gasteiger partial charge in [0.25, 0.3) is 0 Å². The van der Waals surface area contributed by atoms with Crippen LogP contribution in [0.1, 0.15) is 32.1 Å². The highest BCUT2D eigenvalue weighted by atomic mass is 35.5. The van der Waals surface area contributed by atoms with Crippen molar-refractivity contribution in [3.63, 3.8) is 0 Å². The third-order valence-corrected chi connectivity index (χ3v) is 2.62. The van der Waals surface area contributed by atoms with Gasteiger partial charge in [-0.15, -0.1) is 12.4 Å². The number of hydrogen-bond acceptors (Lipinski definition) is 3. The highest BCUT2D eigenvalue weighted by Gasteiger charge is 2.43. The van der Waals surface area contributed by atoms with Gasteiger partial charge in [0, 0.05) is 0 Å². The molecule has 1 rings (SSSR count). The summed E-state index contributed by atoms with van der Waals surface area (Å²) in [7, 11) is 1.45. The molecule has 1 aliphatic rings. The van der Waals surface area contributed by atoms with Crippen LogP contribution in [0.2, 0.25) is 0 Å². The maximum atomic E-state index is 11.0. The predicted molar refractivity (Wildman–Crippen MR) is 53.8 cm³/mol. The molecule has 0 bridgehead atoms. The second-order valence-corrected chi connectivity index (χ2v) is 3.65. The standard InChI is InChI=1S/C9H17NO2.ClH/c1-12-8(11)7-9(4-5-9)3-2-6-10;/h2-7,10H2,1H3;1H. The van der Waals surface area contributed by atoms with Crippen molar-refractivity contribution in [1.82, 2.24) is 0 Å². The molecule has 0 aromatic heterocycles. The molecule has 1 fully saturated rings. The van der Waals surface area contributed by atoms with Crippen LogP contribution in [-0.4, -0.2) is 19.6 Å². The van der Waals surface area contributed by atoms with E-state index in [0.717, 1.165) is 19.4 Å². The molecule has 0 aromatic carbocycles. The first-order valence-electron chi connectivity index (χ1n) is 4.49. The molecular weight excluding hydrogens is 190 g/mol. The van der Waals surface area contributed by atoms with Crippen LogP contribution in [0.15, 0.2) is 0 Å². The Labute approximate surface area is 85.4 Å². The Hall–Kier alpha value is -0.280. The predicted octanol–water partition coefficient (Wildman–Crippen LogP) is 1.49. The Morgan fingerprint density at radius 1 is 1.54 bits per heavy atom. The molecule has 1 saturated carbocycles. The lowest BCUT2D eigenvalue weighted by Crippen LogP contribution is -2.12. The molecule has 13 heavy (non-hydrogen) atoms. The van der Waals surface area contributed by atoms with Crippen molar-refractivity contribution in [2.75, 3.05) is 13.7 Å². The quantitative estimate of drug-likeness (QED) is 0.695. The first kappa shape index (κ1) is 12.7. The summed E-state index contributed by atoms with van der Waals surface area (Å²) in [5.41, 5.74) is 5.68. The zero-order chi connectivity index (χ0) is 9.03. The van der Waals surface area contributed by atoms with Gasteiger partial charge in [-0.05, 0) is 37.6 Å². The van der Waals surface area contributed by atoms with E-state index in [-0.39, 0.29) is 23.8 Å². The summed E-state index contributed by atoms with van der Waals surface area (Å²) >= 11 is 0. The van der Waals surface area contributed by atoms with Gasteiger partial charge in [-0.3, -0.25) is 4.79 Å². The number of halogens is 1. The van der Waals surface area contributed by atoms with Crippen LogP contribution in [0.4, 0.5) is 0 Å². The monoisotopic (exact) mass is 207 g/mol. The minimum Gasteiger partial charge on any atom is -0.469 e. The summed E-state index contributed by atoms with van der Waals surface area (Å²) in [6.45, 7) is 0.725. The Balaban J connectivity index is 0.00000144. The number of hydrogen-bond donors (Lipinski definition) is 1. The fourth-order valence-corrected chi connectivity index (χ4v) is 1.55. The van der Waals surface area contributed by atoms with Gasteiger partial charge >= 0.3 is 5.97 Å². The van der Waals surface area contributed by atoms with Gasteiger partial charge < -0.3 is 10.5 Å². The minimum atomic E-state index is -0.0791. The highest BCUT2D eigenvalue weighted by Crippen LogP contribution is 2.52. The van der Waals surface area contributed by atoms with Crippen LogP contribution in [0, 0.1) is 5.41 Å². The Morgan fingerprint density at radius 3 is 2.54 bits per heavy atom. The van der Waals surface area contributed by atoms with Gasteiger partial charge in [0.05, 0.1) is 13.5 Å². The Kier molecular flexibility index (Phi) is 5.33. The average molecular weight is 208 g/mol. The van der Waals surface area contributed by atoms with Crippen LogP contribution in [-0.2, 0) is 9.53 Å². The average Bonchev–Trinajstić information content (AvgIpc) is 2.82. The minimum absolute atomic E-state index is 0. The van der Waals surface area contributed by atoms with Gasteiger partial charge in [0.15, 0.2) is 0 Å². The van der Waals surface area contributed by atoms with E-state index in [2.05, 4.69) is 4.74 Å². The zero-order valence-corrected chi connectivity index (χ0v) is 8.86. The third kappa shape index (κ3) is 3.96. The fraction of sp³-hybridized carbons (Fsp3) is 0.889. The molecule has 0 radical (unpaired) electrons. The van der Waals surface area contributed by atoms with Crippen LogP contribution < -0.4 is 5.73 Å². The lowest BCUT2D eigenvalue weighted by atomic mass is 9.96. The Bertz CT molecular complexity index is 169. The normalized spacial score (nSPS) is 17.4. The summed E-state index contributed by atoms with van der Waals surface area (Å²) in [6, 6.07) is 0. The second-order valence-electron chi connectivity index (χ2n) is 3.65. The summed E-state index contributed by atoms with van der Waals surface area (Å²) in [5, 5.41) is 0. The van der Waals surface area contributed by atoms with E-state index in [1.165, 1.54) is 20.0 Å². The number of esters is 1. The van der Waals surface area contributed by atoms with Crippen LogP contribution >= 0.6 is 12.4 Å². The van der Waals surface area contributed by atoms with E-state index in [9.17, 15) is 4.79 Å². The van der Waals surface area contributed by atoms with Crippen LogP contribution in [0.3, 0.4) is 0 Å². The molecule has 0 amide bonds. The molecule has 0 atom stereocenters. The van der Waals surface area contributed by atoms with Crippen LogP contribution in [0.25, 0.3) is 0 Å². The van der Waals surface area contributed by atoms with Gasteiger partial charge in [0.2, 0.25) is 0 Å². The first-order chi connectivity index (χ1) is 5.72. The summed E-state index contributed by atoms with van der Waals surface area (Å²) in [6.07, 6.45) is 5.03. The molecule has 2 N–H and O–H groups in total. The number of carbonyl (C=O) groups is 1. The van der Waals surface area contributed by atoms with E-state index in [1.54, 1.807) is 0 Å².